The molecule has 2 rings (SSSR count). The Morgan fingerprint density at radius 2 is 2.05 bits per heavy atom. The maximum absolute atomic E-state index is 3.89. The Morgan fingerprint density at radius 1 is 1.30 bits per heavy atom. The van der Waals surface area contributed by atoms with Crippen LogP contribution in [-0.2, 0) is 0 Å². The van der Waals surface area contributed by atoms with Crippen molar-refractivity contribution in [2.24, 2.45) is 5.92 Å². The van der Waals surface area contributed by atoms with Crippen molar-refractivity contribution in [3.8, 4) is 0 Å². The van der Waals surface area contributed by atoms with Gasteiger partial charge in [-0.25, -0.2) is 0 Å². The second kappa shape index (κ2) is 8.05. The Bertz CT molecular complexity index is 276. The van der Waals surface area contributed by atoms with Crippen molar-refractivity contribution in [1.82, 2.24) is 10.2 Å². The first-order valence-corrected chi connectivity index (χ1v) is 9.93. The number of nitrogens with one attached hydrogen (secondary N) is 1. The van der Waals surface area contributed by atoms with Crippen LogP contribution in [0.4, 0.5) is 0 Å². The fourth-order valence-corrected chi connectivity index (χ4v) is 4.57. The van der Waals surface area contributed by atoms with Crippen molar-refractivity contribution < 1.29 is 0 Å². The number of thioether (sulfide) groups is 1. The first-order valence-electron chi connectivity index (χ1n) is 8.78. The molecular weight excluding hydrogens is 264 g/mol. The van der Waals surface area contributed by atoms with Crippen molar-refractivity contribution in [3.63, 3.8) is 0 Å². The minimum Gasteiger partial charge on any atom is -0.311 e. The van der Waals surface area contributed by atoms with Crippen LogP contribution in [0.25, 0.3) is 0 Å². The number of hydrogen-bond acceptors (Lipinski definition) is 3. The molecule has 3 heteroatoms. The van der Waals surface area contributed by atoms with Crippen molar-refractivity contribution in [3.05, 3.63) is 0 Å². The summed E-state index contributed by atoms with van der Waals surface area (Å²) < 4.78 is 0. The van der Waals surface area contributed by atoms with E-state index in [0.29, 0.717) is 11.6 Å². The van der Waals surface area contributed by atoms with E-state index in [-0.39, 0.29) is 0 Å². The van der Waals surface area contributed by atoms with E-state index in [1.807, 2.05) is 0 Å². The molecule has 2 aliphatic rings. The van der Waals surface area contributed by atoms with Crippen LogP contribution in [0.5, 0.6) is 0 Å². The van der Waals surface area contributed by atoms with Gasteiger partial charge in [0.25, 0.3) is 0 Å². The lowest BCUT2D eigenvalue weighted by Gasteiger charge is -2.49. The smallest absolute Gasteiger partial charge is 0.0334 e. The van der Waals surface area contributed by atoms with Gasteiger partial charge in [-0.15, -0.1) is 0 Å². The van der Waals surface area contributed by atoms with Crippen LogP contribution in [0.3, 0.4) is 0 Å². The van der Waals surface area contributed by atoms with Gasteiger partial charge in [-0.05, 0) is 43.2 Å². The van der Waals surface area contributed by atoms with Crippen LogP contribution in [0, 0.1) is 5.92 Å². The van der Waals surface area contributed by atoms with Gasteiger partial charge in [0.05, 0.1) is 0 Å². The summed E-state index contributed by atoms with van der Waals surface area (Å²) in [6.07, 6.45) is 8.39. The molecule has 2 fully saturated rings. The molecular formula is C17H34N2S. The van der Waals surface area contributed by atoms with Gasteiger partial charge in [0.15, 0.2) is 0 Å². The molecule has 0 aromatic rings. The standard InChI is InChI=1S/C17H34N2S/c1-4-15(3)16-13-19(11-8-12-20-5-2)17(14-18-16)9-6-7-10-17/h15-16,18H,4-14H2,1-3H3. The second-order valence-corrected chi connectivity index (χ2v) is 8.19. The molecule has 0 aromatic carbocycles. The summed E-state index contributed by atoms with van der Waals surface area (Å²) >= 11 is 2.10. The highest BCUT2D eigenvalue weighted by Crippen LogP contribution is 2.37. The molecule has 1 heterocycles. The lowest BCUT2D eigenvalue weighted by Crippen LogP contribution is -2.64. The van der Waals surface area contributed by atoms with E-state index in [1.165, 1.54) is 69.7 Å². The molecule has 1 aliphatic heterocycles. The molecule has 1 spiro atoms. The molecule has 2 atom stereocenters. The Balaban J connectivity index is 1.92. The van der Waals surface area contributed by atoms with Crippen LogP contribution in [0.15, 0.2) is 0 Å². The van der Waals surface area contributed by atoms with Crippen molar-refractivity contribution in [2.75, 3.05) is 31.1 Å². The van der Waals surface area contributed by atoms with E-state index in [2.05, 4.69) is 42.7 Å². The minimum absolute atomic E-state index is 0.515. The largest absolute Gasteiger partial charge is 0.311 e. The Labute approximate surface area is 130 Å². The zero-order valence-electron chi connectivity index (χ0n) is 13.8. The van der Waals surface area contributed by atoms with Gasteiger partial charge in [-0.2, -0.15) is 11.8 Å². The van der Waals surface area contributed by atoms with Crippen LogP contribution >= 0.6 is 11.8 Å². The Kier molecular flexibility index (Phi) is 6.70. The molecule has 0 radical (unpaired) electrons. The van der Waals surface area contributed by atoms with E-state index >= 15 is 0 Å². The quantitative estimate of drug-likeness (QED) is 0.720. The third-order valence-electron chi connectivity index (χ3n) is 5.57. The normalized spacial score (nSPS) is 28.1. The molecule has 20 heavy (non-hydrogen) atoms. The third kappa shape index (κ3) is 3.92. The van der Waals surface area contributed by atoms with Crippen LogP contribution < -0.4 is 5.32 Å². The van der Waals surface area contributed by atoms with E-state index in [4.69, 9.17) is 0 Å². The predicted molar refractivity (Wildman–Crippen MR) is 91.6 cm³/mol. The highest BCUT2D eigenvalue weighted by atomic mass is 32.2. The summed E-state index contributed by atoms with van der Waals surface area (Å²) in [5, 5.41) is 3.89. The Hall–Kier alpha value is 0.270. The van der Waals surface area contributed by atoms with Crippen LogP contribution in [0.1, 0.15) is 59.3 Å². The first kappa shape index (κ1) is 16.6. The topological polar surface area (TPSA) is 15.3 Å². The first-order chi connectivity index (χ1) is 9.72. The van der Waals surface area contributed by atoms with E-state index in [1.54, 1.807) is 0 Å². The molecule has 1 N–H and O–H groups in total. The van der Waals surface area contributed by atoms with Crippen LogP contribution in [0.2, 0.25) is 0 Å². The summed E-state index contributed by atoms with van der Waals surface area (Å²) in [5.41, 5.74) is 0.515. The summed E-state index contributed by atoms with van der Waals surface area (Å²) in [4.78, 5) is 2.88. The van der Waals surface area contributed by atoms with Gasteiger partial charge in [0.2, 0.25) is 0 Å². The van der Waals surface area contributed by atoms with Crippen molar-refractivity contribution in [2.45, 2.75) is 70.9 Å². The molecule has 1 saturated heterocycles. The minimum atomic E-state index is 0.515. The summed E-state index contributed by atoms with van der Waals surface area (Å²) in [6, 6.07) is 0.713. The lowest BCUT2D eigenvalue weighted by molar-refractivity contribution is 0.0312. The maximum Gasteiger partial charge on any atom is 0.0334 e. The molecule has 1 saturated carbocycles. The molecule has 0 bridgehead atoms. The number of rotatable bonds is 7. The number of piperazine rings is 1. The zero-order chi connectivity index (χ0) is 14.4. The predicted octanol–water partition coefficient (Wildman–Crippen LogP) is 3.76. The average molecular weight is 299 g/mol. The van der Waals surface area contributed by atoms with Gasteiger partial charge in [0, 0.05) is 24.7 Å². The fourth-order valence-electron chi connectivity index (χ4n) is 3.95. The third-order valence-corrected chi connectivity index (χ3v) is 6.55. The molecule has 0 amide bonds. The molecule has 1 aliphatic carbocycles. The number of hydrogen-bond donors (Lipinski definition) is 1. The average Bonchev–Trinajstić information content (AvgIpc) is 2.94. The van der Waals surface area contributed by atoms with Crippen molar-refractivity contribution in [1.29, 1.82) is 0 Å². The van der Waals surface area contributed by atoms with E-state index in [9.17, 15) is 0 Å². The fraction of sp³-hybridized carbons (Fsp3) is 1.00. The highest BCUT2D eigenvalue weighted by molar-refractivity contribution is 7.99. The summed E-state index contributed by atoms with van der Waals surface area (Å²) in [5.74, 6) is 3.41. The van der Waals surface area contributed by atoms with Crippen molar-refractivity contribution >= 4 is 11.8 Å². The SMILES string of the molecule is CCSCCCN1CC(C(C)CC)NCC12CCCC2. The highest BCUT2D eigenvalue weighted by Gasteiger charge is 2.43. The Morgan fingerprint density at radius 3 is 2.70 bits per heavy atom. The van der Waals surface area contributed by atoms with Crippen LogP contribution in [-0.4, -0.2) is 47.6 Å². The van der Waals surface area contributed by atoms with Gasteiger partial charge in [-0.3, -0.25) is 4.90 Å². The molecule has 2 unspecified atom stereocenters. The number of nitrogens with zero attached hydrogens (tertiary/aromatic N) is 1. The van der Waals surface area contributed by atoms with Gasteiger partial charge in [-0.1, -0.05) is 40.0 Å². The monoisotopic (exact) mass is 298 g/mol. The van der Waals surface area contributed by atoms with Gasteiger partial charge < -0.3 is 5.32 Å². The van der Waals surface area contributed by atoms with E-state index < -0.39 is 0 Å². The molecule has 2 nitrogen and oxygen atoms in total. The van der Waals surface area contributed by atoms with Gasteiger partial charge >= 0.3 is 0 Å². The zero-order valence-corrected chi connectivity index (χ0v) is 14.6. The van der Waals surface area contributed by atoms with Gasteiger partial charge in [0.1, 0.15) is 0 Å². The molecule has 118 valence electrons. The summed E-state index contributed by atoms with van der Waals surface area (Å²) in [7, 11) is 0. The molecule has 0 aromatic heterocycles. The maximum atomic E-state index is 3.89. The summed E-state index contributed by atoms with van der Waals surface area (Å²) in [6.45, 7) is 10.9. The second-order valence-electron chi connectivity index (χ2n) is 6.80. The van der Waals surface area contributed by atoms with E-state index in [0.717, 1.165) is 5.92 Å². The lowest BCUT2D eigenvalue weighted by atomic mass is 9.87.